The van der Waals surface area contributed by atoms with Crippen molar-refractivity contribution in [3.05, 3.63) is 63.6 Å². The van der Waals surface area contributed by atoms with Crippen LogP contribution in [-0.4, -0.2) is 45.5 Å². The molecule has 0 saturated carbocycles. The highest BCUT2D eigenvalue weighted by Crippen LogP contribution is 2.23. The van der Waals surface area contributed by atoms with Gasteiger partial charge in [0.1, 0.15) is 0 Å². The molecule has 0 aliphatic heterocycles. The van der Waals surface area contributed by atoms with Gasteiger partial charge >= 0.3 is 0 Å². The standard InChI is InChI=1S/C19H23Cl2N3O/c1-23(2)15-8-5-13(6-9-15)18(24(3)4)12-22-19(25)14-7-10-16(20)17(21)11-14/h5-11,18H,12H2,1-4H3,(H,22,25)/t18-/m0/s1. The fourth-order valence-corrected chi connectivity index (χ4v) is 2.82. The number of benzene rings is 2. The summed E-state index contributed by atoms with van der Waals surface area (Å²) in [5.41, 5.74) is 2.78. The largest absolute Gasteiger partial charge is 0.378 e. The Balaban J connectivity index is 2.08. The van der Waals surface area contributed by atoms with E-state index in [1.807, 2.05) is 28.2 Å². The molecule has 1 N–H and O–H groups in total. The van der Waals surface area contributed by atoms with Gasteiger partial charge < -0.3 is 15.1 Å². The number of anilines is 1. The van der Waals surface area contributed by atoms with E-state index >= 15 is 0 Å². The first-order chi connectivity index (χ1) is 11.8. The molecular formula is C19H23Cl2N3O. The summed E-state index contributed by atoms with van der Waals surface area (Å²) in [7, 11) is 8.01. The molecule has 0 unspecified atom stereocenters. The molecule has 134 valence electrons. The monoisotopic (exact) mass is 379 g/mol. The van der Waals surface area contributed by atoms with Crippen LogP contribution in [-0.2, 0) is 0 Å². The molecule has 0 aromatic heterocycles. The van der Waals surface area contributed by atoms with Crippen molar-refractivity contribution in [1.29, 1.82) is 0 Å². The van der Waals surface area contributed by atoms with Gasteiger partial charge in [-0.2, -0.15) is 0 Å². The molecule has 0 spiro atoms. The Morgan fingerprint density at radius 1 is 1.00 bits per heavy atom. The van der Waals surface area contributed by atoms with Gasteiger partial charge in [0.2, 0.25) is 0 Å². The van der Waals surface area contributed by atoms with Gasteiger partial charge in [-0.15, -0.1) is 0 Å². The summed E-state index contributed by atoms with van der Waals surface area (Å²) in [6.07, 6.45) is 0. The van der Waals surface area contributed by atoms with Crippen LogP contribution in [0.2, 0.25) is 10.0 Å². The zero-order chi connectivity index (χ0) is 18.6. The van der Waals surface area contributed by atoms with Crippen LogP contribution in [0, 0.1) is 0 Å². The minimum absolute atomic E-state index is 0.0722. The molecular weight excluding hydrogens is 357 g/mol. The second kappa shape index (κ2) is 8.56. The van der Waals surface area contributed by atoms with Crippen LogP contribution >= 0.6 is 23.2 Å². The fraction of sp³-hybridized carbons (Fsp3) is 0.316. The van der Waals surface area contributed by atoms with Crippen molar-refractivity contribution in [3.8, 4) is 0 Å². The van der Waals surface area contributed by atoms with Crippen molar-refractivity contribution in [2.24, 2.45) is 0 Å². The number of amides is 1. The van der Waals surface area contributed by atoms with Crippen molar-refractivity contribution in [2.45, 2.75) is 6.04 Å². The quantitative estimate of drug-likeness (QED) is 0.820. The SMILES string of the molecule is CN(C)c1ccc([C@H](CNC(=O)c2ccc(Cl)c(Cl)c2)N(C)C)cc1. The van der Waals surface area contributed by atoms with Crippen LogP contribution in [0.3, 0.4) is 0 Å². The Hall–Kier alpha value is -1.75. The number of halogens is 2. The van der Waals surface area contributed by atoms with E-state index in [2.05, 4.69) is 39.4 Å². The minimum Gasteiger partial charge on any atom is -0.378 e. The van der Waals surface area contributed by atoms with Gasteiger partial charge in [0, 0.05) is 31.9 Å². The maximum Gasteiger partial charge on any atom is 0.251 e. The maximum absolute atomic E-state index is 12.4. The van der Waals surface area contributed by atoms with Crippen LogP contribution in [0.5, 0.6) is 0 Å². The second-order valence-corrected chi connectivity index (χ2v) is 7.12. The molecule has 0 radical (unpaired) electrons. The van der Waals surface area contributed by atoms with E-state index in [1.54, 1.807) is 18.2 Å². The first-order valence-corrected chi connectivity index (χ1v) is 8.72. The number of carbonyl (C=O) groups excluding carboxylic acids is 1. The van der Waals surface area contributed by atoms with Gasteiger partial charge in [0.15, 0.2) is 0 Å². The van der Waals surface area contributed by atoms with Gasteiger partial charge in [-0.1, -0.05) is 35.3 Å². The molecule has 1 amide bonds. The van der Waals surface area contributed by atoms with E-state index < -0.39 is 0 Å². The zero-order valence-electron chi connectivity index (χ0n) is 14.9. The van der Waals surface area contributed by atoms with E-state index in [0.717, 1.165) is 11.3 Å². The molecule has 0 bridgehead atoms. The topological polar surface area (TPSA) is 35.6 Å². The van der Waals surface area contributed by atoms with Crippen molar-refractivity contribution >= 4 is 34.8 Å². The van der Waals surface area contributed by atoms with Crippen LogP contribution in [0.1, 0.15) is 22.0 Å². The summed E-state index contributed by atoms with van der Waals surface area (Å²) in [6, 6.07) is 13.3. The lowest BCUT2D eigenvalue weighted by atomic mass is 10.0. The third-order valence-corrected chi connectivity index (χ3v) is 4.79. The Labute approximate surface area is 159 Å². The Morgan fingerprint density at radius 3 is 2.16 bits per heavy atom. The maximum atomic E-state index is 12.4. The molecule has 1 atom stereocenters. The normalized spacial score (nSPS) is 12.1. The van der Waals surface area contributed by atoms with Gasteiger partial charge in [0.05, 0.1) is 16.1 Å². The van der Waals surface area contributed by atoms with Crippen LogP contribution in [0.4, 0.5) is 5.69 Å². The summed E-state index contributed by atoms with van der Waals surface area (Å²) in [4.78, 5) is 16.5. The predicted octanol–water partition coefficient (Wildman–Crippen LogP) is 4.09. The van der Waals surface area contributed by atoms with Gasteiger partial charge in [-0.05, 0) is 50.0 Å². The molecule has 2 aromatic carbocycles. The Morgan fingerprint density at radius 2 is 1.64 bits per heavy atom. The average Bonchev–Trinajstić information content (AvgIpc) is 2.57. The Bertz CT molecular complexity index is 730. The number of likely N-dealkylation sites (N-methyl/N-ethyl adjacent to an activating group) is 1. The molecule has 2 aromatic rings. The first-order valence-electron chi connectivity index (χ1n) is 7.96. The third-order valence-electron chi connectivity index (χ3n) is 4.06. The molecule has 0 aliphatic rings. The highest BCUT2D eigenvalue weighted by Gasteiger charge is 2.16. The van der Waals surface area contributed by atoms with Crippen molar-refractivity contribution in [2.75, 3.05) is 39.6 Å². The second-order valence-electron chi connectivity index (χ2n) is 6.30. The van der Waals surface area contributed by atoms with Crippen LogP contribution < -0.4 is 10.2 Å². The molecule has 2 rings (SSSR count). The highest BCUT2D eigenvalue weighted by atomic mass is 35.5. The van der Waals surface area contributed by atoms with Gasteiger partial charge in [-0.3, -0.25) is 4.79 Å². The molecule has 0 aliphatic carbocycles. The third kappa shape index (κ3) is 5.11. The number of hydrogen-bond donors (Lipinski definition) is 1. The van der Waals surface area contributed by atoms with E-state index in [4.69, 9.17) is 23.2 Å². The van der Waals surface area contributed by atoms with E-state index in [9.17, 15) is 4.79 Å². The van der Waals surface area contributed by atoms with Gasteiger partial charge in [0.25, 0.3) is 5.91 Å². The summed E-state index contributed by atoms with van der Waals surface area (Å²) in [6.45, 7) is 0.493. The lowest BCUT2D eigenvalue weighted by Gasteiger charge is -2.26. The Kier molecular flexibility index (Phi) is 6.71. The number of rotatable bonds is 6. The van der Waals surface area contributed by atoms with Crippen molar-refractivity contribution in [1.82, 2.24) is 10.2 Å². The summed E-state index contributed by atoms with van der Waals surface area (Å²) in [5.74, 6) is -0.171. The van der Waals surface area contributed by atoms with E-state index in [0.29, 0.717) is 22.2 Å². The minimum atomic E-state index is -0.171. The highest BCUT2D eigenvalue weighted by molar-refractivity contribution is 6.42. The molecule has 25 heavy (non-hydrogen) atoms. The molecule has 4 nitrogen and oxygen atoms in total. The zero-order valence-corrected chi connectivity index (χ0v) is 16.4. The number of hydrogen-bond acceptors (Lipinski definition) is 3. The van der Waals surface area contributed by atoms with Crippen LogP contribution in [0.15, 0.2) is 42.5 Å². The summed E-state index contributed by atoms with van der Waals surface area (Å²) in [5, 5.41) is 3.78. The molecule has 6 heteroatoms. The number of nitrogens with one attached hydrogen (secondary N) is 1. The van der Waals surface area contributed by atoms with Crippen LogP contribution in [0.25, 0.3) is 0 Å². The molecule has 0 heterocycles. The van der Waals surface area contributed by atoms with E-state index in [1.165, 1.54) is 0 Å². The lowest BCUT2D eigenvalue weighted by Crippen LogP contribution is -2.34. The number of carbonyl (C=O) groups is 1. The molecule has 0 fully saturated rings. The summed E-state index contributed by atoms with van der Waals surface area (Å²) >= 11 is 11.9. The smallest absolute Gasteiger partial charge is 0.251 e. The number of nitrogens with zero attached hydrogens (tertiary/aromatic N) is 2. The van der Waals surface area contributed by atoms with E-state index in [-0.39, 0.29) is 11.9 Å². The fourth-order valence-electron chi connectivity index (χ4n) is 2.52. The average molecular weight is 380 g/mol. The van der Waals surface area contributed by atoms with Crippen molar-refractivity contribution < 1.29 is 4.79 Å². The van der Waals surface area contributed by atoms with Crippen molar-refractivity contribution in [3.63, 3.8) is 0 Å². The predicted molar refractivity (Wildman–Crippen MR) is 106 cm³/mol. The first kappa shape index (κ1) is 19.6. The molecule has 0 saturated heterocycles. The summed E-state index contributed by atoms with van der Waals surface area (Å²) < 4.78 is 0. The lowest BCUT2D eigenvalue weighted by molar-refractivity contribution is 0.0942. The van der Waals surface area contributed by atoms with Gasteiger partial charge in [-0.25, -0.2) is 0 Å².